The molecule has 15 heavy (non-hydrogen) atoms. The van der Waals surface area contributed by atoms with Crippen LogP contribution in [0.1, 0.15) is 13.3 Å². The van der Waals surface area contributed by atoms with Crippen molar-refractivity contribution in [2.24, 2.45) is 5.73 Å². The smallest absolute Gasteiger partial charge is 0.236 e. The quantitative estimate of drug-likeness (QED) is 0.580. The van der Waals surface area contributed by atoms with E-state index >= 15 is 0 Å². The number of rotatable bonds is 7. The Bertz CT molecular complexity index is 188. The predicted octanol–water partition coefficient (Wildman–Crippen LogP) is -0.894. The Kier molecular flexibility index (Phi) is 7.29. The number of aliphatic hydroxyl groups is 1. The van der Waals surface area contributed by atoms with E-state index in [1.165, 1.54) is 0 Å². The maximum Gasteiger partial charge on any atom is 0.236 e. The second-order valence-corrected chi connectivity index (χ2v) is 3.90. The molecule has 0 aliphatic heterocycles. The summed E-state index contributed by atoms with van der Waals surface area (Å²) in [7, 11) is 3.60. The third kappa shape index (κ3) is 5.71. The normalized spacial score (nSPS) is 12.9. The maximum atomic E-state index is 11.6. The Balaban J connectivity index is 3.90. The molecule has 0 fully saturated rings. The van der Waals surface area contributed by atoms with Gasteiger partial charge < -0.3 is 15.7 Å². The summed E-state index contributed by atoms with van der Waals surface area (Å²) in [6.45, 7) is 3.57. The van der Waals surface area contributed by atoms with Crippen molar-refractivity contribution >= 4 is 5.91 Å². The Morgan fingerprint density at radius 1 is 1.47 bits per heavy atom. The Morgan fingerprint density at radius 3 is 2.53 bits per heavy atom. The van der Waals surface area contributed by atoms with E-state index in [0.717, 1.165) is 6.42 Å². The molecule has 0 spiro atoms. The number of hydrogen-bond donors (Lipinski definition) is 2. The van der Waals surface area contributed by atoms with Crippen molar-refractivity contribution < 1.29 is 9.90 Å². The number of amides is 1. The lowest BCUT2D eigenvalue weighted by atomic mass is 10.3. The summed E-state index contributed by atoms with van der Waals surface area (Å²) in [5, 5.41) is 8.92. The van der Waals surface area contributed by atoms with Gasteiger partial charge in [0.1, 0.15) is 0 Å². The van der Waals surface area contributed by atoms with E-state index in [2.05, 4.69) is 0 Å². The molecule has 0 saturated heterocycles. The van der Waals surface area contributed by atoms with Gasteiger partial charge in [-0.25, -0.2) is 0 Å². The molecule has 5 heteroatoms. The minimum atomic E-state index is 0.0110. The summed E-state index contributed by atoms with van der Waals surface area (Å²) in [5.74, 6) is 0.0613. The molecule has 3 N–H and O–H groups in total. The van der Waals surface area contributed by atoms with Gasteiger partial charge in [-0.3, -0.25) is 9.69 Å². The first-order valence-electron chi connectivity index (χ1n) is 5.28. The summed E-state index contributed by atoms with van der Waals surface area (Å²) in [6.07, 6.45) is 0.821. The third-order valence-corrected chi connectivity index (χ3v) is 2.52. The molecule has 1 atom stereocenters. The molecule has 1 amide bonds. The molecule has 0 heterocycles. The second-order valence-electron chi connectivity index (χ2n) is 3.90. The van der Waals surface area contributed by atoms with E-state index < -0.39 is 0 Å². The summed E-state index contributed by atoms with van der Waals surface area (Å²) >= 11 is 0. The summed E-state index contributed by atoms with van der Waals surface area (Å²) < 4.78 is 0. The molecule has 0 saturated carbocycles. The minimum Gasteiger partial charge on any atom is -0.395 e. The number of aliphatic hydroxyl groups excluding tert-OH is 1. The van der Waals surface area contributed by atoms with Crippen LogP contribution in [0, 0.1) is 0 Å². The van der Waals surface area contributed by atoms with Gasteiger partial charge in [-0.1, -0.05) is 0 Å². The van der Waals surface area contributed by atoms with Crippen LogP contribution in [0.25, 0.3) is 0 Å². The zero-order chi connectivity index (χ0) is 11.8. The van der Waals surface area contributed by atoms with Crippen LogP contribution >= 0.6 is 0 Å². The van der Waals surface area contributed by atoms with Gasteiger partial charge in [-0.2, -0.15) is 0 Å². The lowest BCUT2D eigenvalue weighted by molar-refractivity contribution is -0.131. The third-order valence-electron chi connectivity index (χ3n) is 2.52. The van der Waals surface area contributed by atoms with Crippen molar-refractivity contribution in [1.29, 1.82) is 0 Å². The van der Waals surface area contributed by atoms with Crippen molar-refractivity contribution in [3.63, 3.8) is 0 Å². The van der Waals surface area contributed by atoms with Crippen LogP contribution in [0.3, 0.4) is 0 Å². The van der Waals surface area contributed by atoms with Crippen LogP contribution in [0.5, 0.6) is 0 Å². The number of carbonyl (C=O) groups is 1. The van der Waals surface area contributed by atoms with Gasteiger partial charge in [0.25, 0.3) is 0 Å². The molecule has 90 valence electrons. The molecule has 0 aromatic rings. The van der Waals surface area contributed by atoms with Crippen molar-refractivity contribution in [3.05, 3.63) is 0 Å². The summed E-state index contributed by atoms with van der Waals surface area (Å²) in [5.41, 5.74) is 5.37. The van der Waals surface area contributed by atoms with Gasteiger partial charge in [-0.15, -0.1) is 0 Å². The average Bonchev–Trinajstić information content (AvgIpc) is 2.24. The lowest BCUT2D eigenvalue weighted by Gasteiger charge is -2.25. The average molecular weight is 217 g/mol. The first-order chi connectivity index (χ1) is 7.02. The highest BCUT2D eigenvalue weighted by Gasteiger charge is 2.14. The minimum absolute atomic E-state index is 0.0110. The summed E-state index contributed by atoms with van der Waals surface area (Å²) in [6, 6.07) is 0.0110. The van der Waals surface area contributed by atoms with Crippen LogP contribution in [-0.2, 0) is 4.79 Å². The van der Waals surface area contributed by atoms with E-state index in [1.807, 2.05) is 18.9 Å². The van der Waals surface area contributed by atoms with Gasteiger partial charge >= 0.3 is 0 Å². The van der Waals surface area contributed by atoms with Crippen molar-refractivity contribution in [3.8, 4) is 0 Å². The van der Waals surface area contributed by atoms with Crippen LogP contribution in [0.2, 0.25) is 0 Å². The molecule has 0 aromatic carbocycles. The Morgan fingerprint density at radius 2 is 2.07 bits per heavy atom. The molecule has 0 aliphatic carbocycles. The lowest BCUT2D eigenvalue weighted by Crippen LogP contribution is -2.42. The predicted molar refractivity (Wildman–Crippen MR) is 60.5 cm³/mol. The van der Waals surface area contributed by atoms with Crippen LogP contribution in [0.15, 0.2) is 0 Å². The Hall–Kier alpha value is -0.650. The fourth-order valence-corrected chi connectivity index (χ4v) is 1.08. The molecular weight excluding hydrogens is 194 g/mol. The highest BCUT2D eigenvalue weighted by Crippen LogP contribution is 1.96. The van der Waals surface area contributed by atoms with E-state index in [1.54, 1.807) is 11.9 Å². The van der Waals surface area contributed by atoms with Crippen LogP contribution in [-0.4, -0.2) is 67.2 Å². The second kappa shape index (κ2) is 7.62. The number of carbonyl (C=O) groups excluding carboxylic acids is 1. The van der Waals surface area contributed by atoms with Crippen molar-refractivity contribution in [2.75, 3.05) is 40.3 Å². The highest BCUT2D eigenvalue weighted by atomic mass is 16.3. The van der Waals surface area contributed by atoms with Crippen molar-refractivity contribution in [1.82, 2.24) is 9.80 Å². The van der Waals surface area contributed by atoms with Gasteiger partial charge in [0.05, 0.1) is 13.2 Å². The number of likely N-dealkylation sites (N-methyl/N-ethyl adjacent to an activating group) is 2. The Labute approximate surface area is 91.8 Å². The molecule has 0 rings (SSSR count). The topological polar surface area (TPSA) is 69.8 Å². The van der Waals surface area contributed by atoms with E-state index in [9.17, 15) is 4.79 Å². The molecule has 5 nitrogen and oxygen atoms in total. The van der Waals surface area contributed by atoms with Gasteiger partial charge in [0.2, 0.25) is 5.91 Å². The number of nitrogens with two attached hydrogens (primary N) is 1. The first kappa shape index (κ1) is 14.3. The monoisotopic (exact) mass is 217 g/mol. The van der Waals surface area contributed by atoms with Crippen LogP contribution < -0.4 is 5.73 Å². The molecular formula is C10H23N3O2. The fourth-order valence-electron chi connectivity index (χ4n) is 1.08. The van der Waals surface area contributed by atoms with E-state index in [0.29, 0.717) is 19.6 Å². The van der Waals surface area contributed by atoms with E-state index in [-0.39, 0.29) is 18.6 Å². The fraction of sp³-hybridized carbons (Fsp3) is 0.900. The SMILES string of the molecule is CC(CO)N(C)CC(=O)N(C)CCCN. The largest absolute Gasteiger partial charge is 0.395 e. The molecule has 0 bridgehead atoms. The molecule has 0 aliphatic rings. The molecule has 0 radical (unpaired) electrons. The first-order valence-corrected chi connectivity index (χ1v) is 5.28. The number of nitrogens with zero attached hydrogens (tertiary/aromatic N) is 2. The zero-order valence-corrected chi connectivity index (χ0v) is 9.94. The van der Waals surface area contributed by atoms with E-state index in [4.69, 9.17) is 10.8 Å². The zero-order valence-electron chi connectivity index (χ0n) is 9.94. The van der Waals surface area contributed by atoms with Crippen molar-refractivity contribution in [2.45, 2.75) is 19.4 Å². The van der Waals surface area contributed by atoms with Gasteiger partial charge in [-0.05, 0) is 26.9 Å². The van der Waals surface area contributed by atoms with Crippen LogP contribution in [0.4, 0.5) is 0 Å². The van der Waals surface area contributed by atoms with Gasteiger partial charge in [0, 0.05) is 19.6 Å². The number of hydrogen-bond acceptors (Lipinski definition) is 4. The van der Waals surface area contributed by atoms with Gasteiger partial charge in [0.15, 0.2) is 0 Å². The standard InChI is InChI=1S/C10H23N3O2/c1-9(8-14)13(3)7-10(15)12(2)6-4-5-11/h9,14H,4-8,11H2,1-3H3. The highest BCUT2D eigenvalue weighted by molar-refractivity contribution is 5.77. The maximum absolute atomic E-state index is 11.6. The molecule has 1 unspecified atom stereocenters. The molecule has 0 aromatic heterocycles. The summed E-state index contributed by atoms with van der Waals surface area (Å²) in [4.78, 5) is 15.2.